The first-order valence-electron chi connectivity index (χ1n) is 7.28. The van der Waals surface area contributed by atoms with E-state index in [2.05, 4.69) is 4.98 Å². The second kappa shape index (κ2) is 6.57. The van der Waals surface area contributed by atoms with E-state index in [9.17, 15) is 9.59 Å². The molecule has 24 heavy (non-hydrogen) atoms. The third-order valence-electron chi connectivity index (χ3n) is 3.47. The lowest BCUT2D eigenvalue weighted by atomic mass is 10.1. The Morgan fingerprint density at radius 1 is 1.12 bits per heavy atom. The van der Waals surface area contributed by atoms with E-state index < -0.39 is 5.97 Å². The third-order valence-corrected chi connectivity index (χ3v) is 3.47. The second-order valence-electron chi connectivity index (χ2n) is 5.37. The summed E-state index contributed by atoms with van der Waals surface area (Å²) in [6.07, 6.45) is 1.42. The molecule has 0 bridgehead atoms. The predicted molar refractivity (Wildman–Crippen MR) is 85.7 cm³/mol. The molecule has 0 radical (unpaired) electrons. The van der Waals surface area contributed by atoms with Gasteiger partial charge in [0.15, 0.2) is 23.9 Å². The van der Waals surface area contributed by atoms with Gasteiger partial charge in [-0.2, -0.15) is 0 Å². The Balaban J connectivity index is 1.60. The van der Waals surface area contributed by atoms with Gasteiger partial charge in [-0.15, -0.1) is 0 Å². The zero-order valence-corrected chi connectivity index (χ0v) is 13.3. The number of rotatable bonds is 5. The highest BCUT2D eigenvalue weighted by Crippen LogP contribution is 2.32. The van der Waals surface area contributed by atoms with Gasteiger partial charge in [-0.25, -0.2) is 9.78 Å². The van der Waals surface area contributed by atoms with Crippen molar-refractivity contribution in [1.29, 1.82) is 0 Å². The van der Waals surface area contributed by atoms with Gasteiger partial charge in [-0.3, -0.25) is 4.79 Å². The molecule has 0 saturated carbocycles. The standard InChI is InChI=1S/C17H16N2O5/c1-19(2)16-6-4-12(8-18-16)17(21)22-9-13(20)11-3-5-14-15(7-11)24-10-23-14/h3-8H,9-10H2,1-2H3. The lowest BCUT2D eigenvalue weighted by Crippen LogP contribution is -2.15. The fraction of sp³-hybridized carbons (Fsp3) is 0.235. The van der Waals surface area contributed by atoms with E-state index in [1.165, 1.54) is 6.20 Å². The molecule has 0 aliphatic carbocycles. The highest BCUT2D eigenvalue weighted by atomic mass is 16.7. The van der Waals surface area contributed by atoms with Gasteiger partial charge in [0.05, 0.1) is 5.56 Å². The van der Waals surface area contributed by atoms with Gasteiger partial charge in [-0.1, -0.05) is 0 Å². The number of carbonyl (C=O) groups is 2. The summed E-state index contributed by atoms with van der Waals surface area (Å²) < 4.78 is 15.5. The summed E-state index contributed by atoms with van der Waals surface area (Å²) >= 11 is 0. The molecule has 0 fully saturated rings. The molecule has 124 valence electrons. The molecule has 2 aromatic rings. The number of Topliss-reactive ketones (excluding diaryl/α,β-unsaturated/α-hetero) is 1. The topological polar surface area (TPSA) is 78.0 Å². The SMILES string of the molecule is CN(C)c1ccc(C(=O)OCC(=O)c2ccc3c(c2)OCO3)cn1. The number of pyridine rings is 1. The normalized spacial score (nSPS) is 11.9. The summed E-state index contributed by atoms with van der Waals surface area (Å²) in [5.74, 6) is 0.913. The number of aromatic nitrogens is 1. The van der Waals surface area contributed by atoms with Crippen LogP contribution < -0.4 is 14.4 Å². The first-order chi connectivity index (χ1) is 11.5. The van der Waals surface area contributed by atoms with E-state index in [0.29, 0.717) is 22.6 Å². The largest absolute Gasteiger partial charge is 0.454 e. The molecule has 0 unspecified atom stereocenters. The van der Waals surface area contributed by atoms with Gasteiger partial charge >= 0.3 is 5.97 Å². The number of hydrogen-bond donors (Lipinski definition) is 0. The monoisotopic (exact) mass is 328 g/mol. The van der Waals surface area contributed by atoms with Crippen LogP contribution in [0.25, 0.3) is 0 Å². The first kappa shape index (κ1) is 15.8. The Kier molecular flexibility index (Phi) is 4.33. The molecular formula is C17H16N2O5. The Morgan fingerprint density at radius 2 is 1.88 bits per heavy atom. The third kappa shape index (κ3) is 3.29. The van der Waals surface area contributed by atoms with E-state index >= 15 is 0 Å². The molecule has 1 aromatic carbocycles. The molecule has 1 aliphatic heterocycles. The van der Waals surface area contributed by atoms with Crippen LogP contribution in [-0.2, 0) is 4.74 Å². The smallest absolute Gasteiger partial charge is 0.340 e. The Bertz CT molecular complexity index is 771. The average molecular weight is 328 g/mol. The van der Waals surface area contributed by atoms with Crippen LogP contribution in [0.5, 0.6) is 11.5 Å². The van der Waals surface area contributed by atoms with Gasteiger partial charge in [0.25, 0.3) is 0 Å². The number of benzene rings is 1. The van der Waals surface area contributed by atoms with Crippen molar-refractivity contribution in [2.75, 3.05) is 32.4 Å². The van der Waals surface area contributed by atoms with Gasteiger partial charge in [0.1, 0.15) is 5.82 Å². The first-order valence-corrected chi connectivity index (χ1v) is 7.28. The van der Waals surface area contributed by atoms with Crippen LogP contribution in [0.1, 0.15) is 20.7 Å². The fourth-order valence-corrected chi connectivity index (χ4v) is 2.14. The zero-order valence-electron chi connectivity index (χ0n) is 13.3. The van der Waals surface area contributed by atoms with Crippen LogP contribution in [0.15, 0.2) is 36.5 Å². The maximum absolute atomic E-state index is 12.1. The molecule has 2 heterocycles. The van der Waals surface area contributed by atoms with Crippen molar-refractivity contribution in [3.8, 4) is 11.5 Å². The second-order valence-corrected chi connectivity index (χ2v) is 5.37. The van der Waals surface area contributed by atoms with E-state index in [1.54, 1.807) is 30.3 Å². The highest BCUT2D eigenvalue weighted by Gasteiger charge is 2.17. The molecule has 0 spiro atoms. The van der Waals surface area contributed by atoms with Crippen molar-refractivity contribution in [3.05, 3.63) is 47.7 Å². The number of esters is 1. The Labute approximate surface area is 138 Å². The Morgan fingerprint density at radius 3 is 2.58 bits per heavy atom. The fourth-order valence-electron chi connectivity index (χ4n) is 2.14. The minimum absolute atomic E-state index is 0.137. The van der Waals surface area contributed by atoms with Gasteiger partial charge < -0.3 is 19.1 Å². The summed E-state index contributed by atoms with van der Waals surface area (Å²) in [7, 11) is 3.70. The lowest BCUT2D eigenvalue weighted by molar-refractivity contribution is 0.0474. The van der Waals surface area contributed by atoms with Crippen molar-refractivity contribution in [2.24, 2.45) is 0 Å². The van der Waals surface area contributed by atoms with E-state index in [0.717, 1.165) is 5.82 Å². The van der Waals surface area contributed by atoms with Crippen molar-refractivity contribution < 1.29 is 23.8 Å². The lowest BCUT2D eigenvalue weighted by Gasteiger charge is -2.11. The number of anilines is 1. The van der Waals surface area contributed by atoms with Crippen LogP contribution in [-0.4, -0.2) is 44.2 Å². The molecule has 1 aromatic heterocycles. The minimum Gasteiger partial charge on any atom is -0.454 e. The molecule has 0 N–H and O–H groups in total. The molecular weight excluding hydrogens is 312 g/mol. The van der Waals surface area contributed by atoms with E-state index in [4.69, 9.17) is 14.2 Å². The van der Waals surface area contributed by atoms with E-state index in [-0.39, 0.29) is 19.2 Å². The summed E-state index contributed by atoms with van der Waals surface area (Å²) in [4.78, 5) is 30.1. The summed E-state index contributed by atoms with van der Waals surface area (Å²) in [5.41, 5.74) is 0.687. The van der Waals surface area contributed by atoms with Crippen LogP contribution in [0.2, 0.25) is 0 Å². The summed E-state index contributed by atoms with van der Waals surface area (Å²) in [6.45, 7) is -0.216. The molecule has 0 saturated heterocycles. The number of nitrogens with zero attached hydrogens (tertiary/aromatic N) is 2. The number of carbonyl (C=O) groups excluding carboxylic acids is 2. The van der Waals surface area contributed by atoms with Gasteiger partial charge in [-0.05, 0) is 30.3 Å². The predicted octanol–water partition coefficient (Wildman–Crippen LogP) is 1.92. The van der Waals surface area contributed by atoms with Gasteiger partial charge in [0.2, 0.25) is 6.79 Å². The molecule has 1 aliphatic rings. The number of fused-ring (bicyclic) bond motifs is 1. The maximum atomic E-state index is 12.1. The number of ether oxygens (including phenoxy) is 3. The molecule has 7 nitrogen and oxygen atoms in total. The van der Waals surface area contributed by atoms with Gasteiger partial charge in [0, 0.05) is 25.9 Å². The van der Waals surface area contributed by atoms with Crippen molar-refractivity contribution in [2.45, 2.75) is 0 Å². The van der Waals surface area contributed by atoms with Crippen LogP contribution in [0.3, 0.4) is 0 Å². The van der Waals surface area contributed by atoms with Crippen LogP contribution >= 0.6 is 0 Å². The van der Waals surface area contributed by atoms with Crippen LogP contribution in [0.4, 0.5) is 5.82 Å². The molecule has 0 atom stereocenters. The summed E-state index contributed by atoms with van der Waals surface area (Å²) in [6, 6.07) is 8.15. The molecule has 7 heteroatoms. The van der Waals surface area contributed by atoms with Crippen LogP contribution in [0, 0.1) is 0 Å². The number of ketones is 1. The van der Waals surface area contributed by atoms with E-state index in [1.807, 2.05) is 19.0 Å². The quantitative estimate of drug-likeness (QED) is 0.613. The minimum atomic E-state index is -0.595. The zero-order chi connectivity index (χ0) is 17.1. The van der Waals surface area contributed by atoms with Crippen molar-refractivity contribution in [3.63, 3.8) is 0 Å². The Hall–Kier alpha value is -3.09. The van der Waals surface area contributed by atoms with Crippen molar-refractivity contribution >= 4 is 17.6 Å². The summed E-state index contributed by atoms with van der Waals surface area (Å²) in [5, 5.41) is 0. The average Bonchev–Trinajstić information content (AvgIpc) is 3.07. The molecule has 3 rings (SSSR count). The number of hydrogen-bond acceptors (Lipinski definition) is 7. The molecule has 0 amide bonds. The maximum Gasteiger partial charge on any atom is 0.340 e. The van der Waals surface area contributed by atoms with Crippen molar-refractivity contribution in [1.82, 2.24) is 4.98 Å². The highest BCUT2D eigenvalue weighted by molar-refractivity contribution is 5.99.